The van der Waals surface area contributed by atoms with Crippen molar-refractivity contribution in [1.82, 2.24) is 15.0 Å². The summed E-state index contributed by atoms with van der Waals surface area (Å²) in [5, 5.41) is 10.7. The minimum absolute atomic E-state index is 0.127. The summed E-state index contributed by atoms with van der Waals surface area (Å²) in [5.74, 6) is 0.991. The molecule has 3 rings (SSSR count). The van der Waals surface area contributed by atoms with Crippen LogP contribution in [0.15, 0.2) is 30.6 Å². The molecular formula is C13H14N4O. The largest absolute Gasteiger partial charge is 0.506 e. The van der Waals surface area contributed by atoms with Gasteiger partial charge >= 0.3 is 0 Å². The van der Waals surface area contributed by atoms with Gasteiger partial charge in [0.15, 0.2) is 0 Å². The number of imidazole rings is 1. The highest BCUT2D eigenvalue weighted by atomic mass is 16.3. The van der Waals surface area contributed by atoms with Gasteiger partial charge < -0.3 is 20.8 Å². The van der Waals surface area contributed by atoms with Crippen molar-refractivity contribution in [2.45, 2.75) is 13.0 Å². The molecule has 0 spiro atoms. The predicted octanol–water partition coefficient (Wildman–Crippen LogP) is 2.28. The molecule has 0 radical (unpaired) electrons. The topological polar surface area (TPSA) is 90.7 Å². The fraction of sp³-hybridized carbons (Fsp3) is 0.154. The van der Waals surface area contributed by atoms with Crippen molar-refractivity contribution in [2.75, 3.05) is 0 Å². The maximum absolute atomic E-state index is 9.75. The molecule has 5 heteroatoms. The Balaban J connectivity index is 2.16. The molecule has 0 unspecified atom stereocenters. The van der Waals surface area contributed by atoms with E-state index in [1.165, 1.54) is 0 Å². The zero-order valence-electron chi connectivity index (χ0n) is 9.94. The lowest BCUT2D eigenvalue weighted by Gasteiger charge is -1.99. The van der Waals surface area contributed by atoms with Gasteiger partial charge in [-0.3, -0.25) is 0 Å². The Kier molecular flexibility index (Phi) is 2.34. The summed E-state index contributed by atoms with van der Waals surface area (Å²) < 4.78 is 0. The number of benzene rings is 1. The molecule has 0 aliphatic rings. The summed E-state index contributed by atoms with van der Waals surface area (Å²) in [5.41, 5.74) is 8.36. The first-order valence-electron chi connectivity index (χ1n) is 5.76. The SMILES string of the molecule is C[C@H](N)c1ncc(-c2c[nH]c3c(O)cccc23)[nH]1. The van der Waals surface area contributed by atoms with Crippen molar-refractivity contribution in [1.29, 1.82) is 0 Å². The third-order valence-electron chi connectivity index (χ3n) is 3.01. The van der Waals surface area contributed by atoms with Gasteiger partial charge in [-0.2, -0.15) is 0 Å². The van der Waals surface area contributed by atoms with Crippen LogP contribution in [0.2, 0.25) is 0 Å². The van der Waals surface area contributed by atoms with Crippen LogP contribution in [0.5, 0.6) is 5.75 Å². The highest BCUT2D eigenvalue weighted by Gasteiger charge is 2.12. The van der Waals surface area contributed by atoms with E-state index in [2.05, 4.69) is 15.0 Å². The number of fused-ring (bicyclic) bond motifs is 1. The maximum Gasteiger partial charge on any atom is 0.139 e. The minimum Gasteiger partial charge on any atom is -0.506 e. The molecule has 5 nitrogen and oxygen atoms in total. The lowest BCUT2D eigenvalue weighted by Crippen LogP contribution is -2.06. The van der Waals surface area contributed by atoms with Gasteiger partial charge in [-0.05, 0) is 13.0 Å². The second kappa shape index (κ2) is 3.89. The van der Waals surface area contributed by atoms with Crippen LogP contribution in [0.25, 0.3) is 22.2 Å². The average Bonchev–Trinajstić information content (AvgIpc) is 2.94. The quantitative estimate of drug-likeness (QED) is 0.555. The summed E-state index contributed by atoms with van der Waals surface area (Å²) in [6.45, 7) is 1.88. The van der Waals surface area contributed by atoms with Gasteiger partial charge in [-0.1, -0.05) is 12.1 Å². The number of nitrogens with two attached hydrogens (primary N) is 1. The number of rotatable bonds is 2. The molecule has 2 aromatic heterocycles. The molecule has 3 aromatic rings. The van der Waals surface area contributed by atoms with Crippen LogP contribution in [0.1, 0.15) is 18.8 Å². The number of hydrogen-bond acceptors (Lipinski definition) is 3. The van der Waals surface area contributed by atoms with Gasteiger partial charge in [0, 0.05) is 17.1 Å². The van der Waals surface area contributed by atoms with E-state index in [0.29, 0.717) is 0 Å². The van der Waals surface area contributed by atoms with Gasteiger partial charge in [-0.25, -0.2) is 4.98 Å². The first-order chi connectivity index (χ1) is 8.66. The monoisotopic (exact) mass is 242 g/mol. The third-order valence-corrected chi connectivity index (χ3v) is 3.01. The summed E-state index contributed by atoms with van der Waals surface area (Å²) in [7, 11) is 0. The van der Waals surface area contributed by atoms with Crippen LogP contribution in [0.3, 0.4) is 0 Å². The second-order valence-electron chi connectivity index (χ2n) is 4.37. The Bertz CT molecular complexity index is 696. The number of nitrogens with zero attached hydrogens (tertiary/aromatic N) is 1. The Hall–Kier alpha value is -2.27. The zero-order chi connectivity index (χ0) is 12.7. The van der Waals surface area contributed by atoms with Gasteiger partial charge in [0.05, 0.1) is 23.4 Å². The van der Waals surface area contributed by atoms with Gasteiger partial charge in [0.1, 0.15) is 11.6 Å². The highest BCUT2D eigenvalue weighted by Crippen LogP contribution is 2.32. The van der Waals surface area contributed by atoms with E-state index < -0.39 is 0 Å². The van der Waals surface area contributed by atoms with Crippen molar-refractivity contribution in [3.05, 3.63) is 36.4 Å². The summed E-state index contributed by atoms with van der Waals surface area (Å²) >= 11 is 0. The molecule has 1 atom stereocenters. The fourth-order valence-electron chi connectivity index (χ4n) is 2.07. The van der Waals surface area contributed by atoms with Crippen LogP contribution >= 0.6 is 0 Å². The maximum atomic E-state index is 9.75. The molecule has 0 amide bonds. The molecule has 0 saturated carbocycles. The predicted molar refractivity (Wildman–Crippen MR) is 70.1 cm³/mol. The number of phenols is 1. The van der Waals surface area contributed by atoms with Crippen molar-refractivity contribution >= 4 is 10.9 Å². The van der Waals surface area contributed by atoms with Crippen molar-refractivity contribution < 1.29 is 5.11 Å². The van der Waals surface area contributed by atoms with Crippen LogP contribution in [0.4, 0.5) is 0 Å². The summed E-state index contributed by atoms with van der Waals surface area (Å²) in [6.07, 6.45) is 3.61. The van der Waals surface area contributed by atoms with E-state index in [-0.39, 0.29) is 11.8 Å². The molecule has 18 heavy (non-hydrogen) atoms. The molecule has 5 N–H and O–H groups in total. The number of para-hydroxylation sites is 1. The van der Waals surface area contributed by atoms with Crippen molar-refractivity contribution in [3.8, 4) is 17.0 Å². The lowest BCUT2D eigenvalue weighted by molar-refractivity contribution is 0.480. The van der Waals surface area contributed by atoms with Crippen LogP contribution < -0.4 is 5.73 Å². The normalized spacial score (nSPS) is 13.0. The molecule has 92 valence electrons. The Morgan fingerprint density at radius 1 is 1.39 bits per heavy atom. The van der Waals surface area contributed by atoms with Gasteiger partial charge in [0.25, 0.3) is 0 Å². The Morgan fingerprint density at radius 3 is 2.94 bits per heavy atom. The average molecular weight is 242 g/mol. The molecule has 2 heterocycles. The molecule has 0 bridgehead atoms. The number of hydrogen-bond donors (Lipinski definition) is 4. The second-order valence-corrected chi connectivity index (χ2v) is 4.37. The number of aromatic amines is 2. The molecule has 1 aromatic carbocycles. The van der Waals surface area contributed by atoms with Gasteiger partial charge in [0.2, 0.25) is 0 Å². The number of aromatic hydroxyl groups is 1. The number of phenolic OH excluding ortho intramolecular Hbond substituents is 1. The van der Waals surface area contributed by atoms with Crippen LogP contribution in [-0.2, 0) is 0 Å². The van der Waals surface area contributed by atoms with E-state index in [0.717, 1.165) is 28.0 Å². The Labute approximate surface area is 104 Å². The summed E-state index contributed by atoms with van der Waals surface area (Å²) in [4.78, 5) is 10.5. The summed E-state index contributed by atoms with van der Waals surface area (Å²) in [6, 6.07) is 5.30. The lowest BCUT2D eigenvalue weighted by atomic mass is 10.1. The number of H-pyrrole nitrogens is 2. The van der Waals surface area contributed by atoms with E-state index in [4.69, 9.17) is 5.73 Å². The van der Waals surface area contributed by atoms with E-state index in [1.54, 1.807) is 12.3 Å². The molecule has 0 aliphatic carbocycles. The van der Waals surface area contributed by atoms with Crippen molar-refractivity contribution in [3.63, 3.8) is 0 Å². The highest BCUT2D eigenvalue weighted by molar-refractivity contribution is 5.97. The smallest absolute Gasteiger partial charge is 0.139 e. The minimum atomic E-state index is -0.127. The Morgan fingerprint density at radius 2 is 2.22 bits per heavy atom. The third kappa shape index (κ3) is 1.56. The van der Waals surface area contributed by atoms with E-state index in [1.807, 2.05) is 25.3 Å². The number of aromatic nitrogens is 3. The van der Waals surface area contributed by atoms with E-state index in [9.17, 15) is 5.11 Å². The van der Waals surface area contributed by atoms with Gasteiger partial charge in [-0.15, -0.1) is 0 Å². The zero-order valence-corrected chi connectivity index (χ0v) is 9.94. The van der Waals surface area contributed by atoms with Crippen LogP contribution in [-0.4, -0.2) is 20.1 Å². The van der Waals surface area contributed by atoms with Crippen molar-refractivity contribution in [2.24, 2.45) is 5.73 Å². The number of nitrogens with one attached hydrogen (secondary N) is 2. The molecule has 0 saturated heterocycles. The molecular weight excluding hydrogens is 228 g/mol. The first-order valence-corrected chi connectivity index (χ1v) is 5.76. The first kappa shape index (κ1) is 10.9. The fourth-order valence-corrected chi connectivity index (χ4v) is 2.07. The molecule has 0 aliphatic heterocycles. The standard InChI is InChI=1S/C13H14N4O/c1-7(14)13-16-6-10(17-13)9-5-15-12-8(9)3-2-4-11(12)18/h2-7,15,18H,14H2,1H3,(H,16,17)/t7-/m0/s1. The molecule has 0 fully saturated rings. The van der Waals surface area contributed by atoms with E-state index >= 15 is 0 Å². The van der Waals surface area contributed by atoms with Crippen LogP contribution in [0, 0.1) is 0 Å².